The summed E-state index contributed by atoms with van der Waals surface area (Å²) in [6, 6.07) is 5.73. The topological polar surface area (TPSA) is 41.9 Å². The van der Waals surface area contributed by atoms with Gasteiger partial charge in [-0.2, -0.15) is 0 Å². The lowest BCUT2D eigenvalue weighted by atomic mass is 9.88. The third-order valence-corrected chi connectivity index (χ3v) is 3.82. The number of hydrogen-bond donors (Lipinski definition) is 1. The van der Waals surface area contributed by atoms with Gasteiger partial charge in [0.1, 0.15) is 17.1 Å². The monoisotopic (exact) mass is 279 g/mol. The number of nitrogens with zero attached hydrogens (tertiary/aromatic N) is 1. The molecule has 1 atom stereocenters. The number of methoxy groups -OCH3 is 1. The molecule has 0 saturated carbocycles. The van der Waals surface area contributed by atoms with E-state index in [0.29, 0.717) is 6.04 Å². The van der Waals surface area contributed by atoms with Crippen molar-refractivity contribution in [3.8, 4) is 11.5 Å². The van der Waals surface area contributed by atoms with Crippen molar-refractivity contribution in [1.29, 1.82) is 0 Å². The number of phenols is 1. The number of ether oxygens (including phenoxy) is 2. The summed E-state index contributed by atoms with van der Waals surface area (Å²) >= 11 is 0. The van der Waals surface area contributed by atoms with Gasteiger partial charge >= 0.3 is 0 Å². The second-order valence-electron chi connectivity index (χ2n) is 6.13. The third-order valence-electron chi connectivity index (χ3n) is 3.82. The molecule has 0 amide bonds. The lowest BCUT2D eigenvalue weighted by Crippen LogP contribution is -2.40. The van der Waals surface area contributed by atoms with Crippen molar-refractivity contribution < 1.29 is 14.6 Å². The van der Waals surface area contributed by atoms with Gasteiger partial charge in [0.25, 0.3) is 0 Å². The highest BCUT2D eigenvalue weighted by Crippen LogP contribution is 2.43. The van der Waals surface area contributed by atoms with Crippen LogP contribution in [0.25, 0.3) is 0 Å². The summed E-state index contributed by atoms with van der Waals surface area (Å²) in [5.41, 5.74) is 0.933. The van der Waals surface area contributed by atoms with Gasteiger partial charge in [-0.3, -0.25) is 4.90 Å². The molecule has 0 bridgehead atoms. The lowest BCUT2D eigenvalue weighted by molar-refractivity contribution is 0.0350. The molecule has 0 fully saturated rings. The fourth-order valence-corrected chi connectivity index (χ4v) is 2.81. The van der Waals surface area contributed by atoms with Gasteiger partial charge in [0.2, 0.25) is 0 Å². The molecule has 1 aliphatic rings. The number of hydrogen-bond acceptors (Lipinski definition) is 4. The van der Waals surface area contributed by atoms with Crippen molar-refractivity contribution in [2.45, 2.75) is 38.3 Å². The largest absolute Gasteiger partial charge is 0.508 e. The molecule has 1 heterocycles. The molecule has 1 aromatic carbocycles. The van der Waals surface area contributed by atoms with Gasteiger partial charge in [-0.25, -0.2) is 0 Å². The standard InChI is InChI=1S/C16H25NO3/c1-16(2)11-14(17(3)8-5-9-19-4)13-7-6-12(18)10-15(13)20-16/h6-7,10,14,18H,5,8-9,11H2,1-4H3. The Kier molecular flexibility index (Phi) is 4.55. The molecule has 4 heteroatoms. The first-order chi connectivity index (χ1) is 9.43. The molecule has 1 N–H and O–H groups in total. The summed E-state index contributed by atoms with van der Waals surface area (Å²) in [5, 5.41) is 9.65. The molecule has 0 radical (unpaired) electrons. The molecule has 1 unspecified atom stereocenters. The normalized spacial score (nSPS) is 20.6. The van der Waals surface area contributed by atoms with E-state index in [4.69, 9.17) is 9.47 Å². The SMILES string of the molecule is COCCCN(C)C1CC(C)(C)Oc2cc(O)ccc21. The van der Waals surface area contributed by atoms with Crippen molar-refractivity contribution in [2.24, 2.45) is 0 Å². The van der Waals surface area contributed by atoms with Gasteiger partial charge in [0.05, 0.1) is 0 Å². The Hall–Kier alpha value is -1.26. The fourth-order valence-electron chi connectivity index (χ4n) is 2.81. The Balaban J connectivity index is 2.20. The number of phenolic OH excluding ortho intramolecular Hbond substituents is 1. The van der Waals surface area contributed by atoms with Crippen LogP contribution in [0, 0.1) is 0 Å². The van der Waals surface area contributed by atoms with Gasteiger partial charge in [-0.1, -0.05) is 6.07 Å². The zero-order valence-corrected chi connectivity index (χ0v) is 12.8. The predicted molar refractivity (Wildman–Crippen MR) is 79.3 cm³/mol. The van der Waals surface area contributed by atoms with Crippen LogP contribution in [0.4, 0.5) is 0 Å². The van der Waals surface area contributed by atoms with Gasteiger partial charge in [0.15, 0.2) is 0 Å². The first-order valence-electron chi connectivity index (χ1n) is 7.14. The summed E-state index contributed by atoms with van der Waals surface area (Å²) in [6.07, 6.45) is 1.95. The molecular formula is C16H25NO3. The highest BCUT2D eigenvalue weighted by molar-refractivity contribution is 5.44. The maximum Gasteiger partial charge on any atom is 0.128 e. The number of aromatic hydroxyl groups is 1. The molecule has 0 aliphatic carbocycles. The molecule has 4 nitrogen and oxygen atoms in total. The maximum atomic E-state index is 9.65. The van der Waals surface area contributed by atoms with Crippen LogP contribution in [0.1, 0.15) is 38.3 Å². The molecular weight excluding hydrogens is 254 g/mol. The predicted octanol–water partition coefficient (Wildman–Crippen LogP) is 2.96. The number of rotatable bonds is 5. The van der Waals surface area contributed by atoms with Crippen LogP contribution in [0.15, 0.2) is 18.2 Å². The van der Waals surface area contributed by atoms with E-state index in [1.165, 1.54) is 0 Å². The van der Waals surface area contributed by atoms with E-state index in [2.05, 4.69) is 25.8 Å². The Morgan fingerprint density at radius 1 is 1.45 bits per heavy atom. The minimum Gasteiger partial charge on any atom is -0.508 e. The molecule has 112 valence electrons. The summed E-state index contributed by atoms with van der Waals surface area (Å²) < 4.78 is 11.1. The van der Waals surface area contributed by atoms with Crippen LogP contribution in [0.3, 0.4) is 0 Å². The van der Waals surface area contributed by atoms with E-state index in [0.717, 1.165) is 37.3 Å². The Morgan fingerprint density at radius 3 is 2.90 bits per heavy atom. The molecule has 20 heavy (non-hydrogen) atoms. The summed E-state index contributed by atoms with van der Waals surface area (Å²) in [6.45, 7) is 5.94. The smallest absolute Gasteiger partial charge is 0.128 e. The Bertz CT molecular complexity index is 459. The van der Waals surface area contributed by atoms with E-state index < -0.39 is 0 Å². The third kappa shape index (κ3) is 3.44. The molecule has 1 aliphatic heterocycles. The first-order valence-corrected chi connectivity index (χ1v) is 7.14. The van der Waals surface area contributed by atoms with Gasteiger partial charge in [0, 0.05) is 44.4 Å². The Labute approximate surface area is 121 Å². The average Bonchev–Trinajstić information content (AvgIpc) is 2.36. The van der Waals surface area contributed by atoms with E-state index in [9.17, 15) is 5.11 Å². The molecule has 1 aromatic rings. The summed E-state index contributed by atoms with van der Waals surface area (Å²) in [4.78, 5) is 2.35. The quantitative estimate of drug-likeness (QED) is 0.841. The highest BCUT2D eigenvalue weighted by atomic mass is 16.5. The van der Waals surface area contributed by atoms with Crippen LogP contribution < -0.4 is 4.74 Å². The van der Waals surface area contributed by atoms with Crippen LogP contribution in [0.5, 0.6) is 11.5 Å². The second-order valence-corrected chi connectivity index (χ2v) is 6.13. The van der Waals surface area contributed by atoms with Gasteiger partial charge in [-0.05, 0) is 33.4 Å². The van der Waals surface area contributed by atoms with Gasteiger partial charge < -0.3 is 14.6 Å². The van der Waals surface area contributed by atoms with Crippen LogP contribution >= 0.6 is 0 Å². The average molecular weight is 279 g/mol. The van der Waals surface area contributed by atoms with Crippen molar-refractivity contribution in [2.75, 3.05) is 27.3 Å². The van der Waals surface area contributed by atoms with Crippen LogP contribution in [-0.2, 0) is 4.74 Å². The lowest BCUT2D eigenvalue weighted by Gasteiger charge is -2.41. The van der Waals surface area contributed by atoms with Crippen LogP contribution in [-0.4, -0.2) is 42.9 Å². The van der Waals surface area contributed by atoms with Crippen LogP contribution in [0.2, 0.25) is 0 Å². The Morgan fingerprint density at radius 2 is 2.20 bits per heavy atom. The van der Waals surface area contributed by atoms with Crippen molar-refractivity contribution in [3.05, 3.63) is 23.8 Å². The van der Waals surface area contributed by atoms with E-state index in [1.54, 1.807) is 19.2 Å². The number of fused-ring (bicyclic) bond motifs is 1. The summed E-state index contributed by atoms with van der Waals surface area (Å²) in [7, 11) is 3.87. The van der Waals surface area contributed by atoms with Gasteiger partial charge in [-0.15, -0.1) is 0 Å². The molecule has 0 saturated heterocycles. The van der Waals surface area contributed by atoms with Crippen molar-refractivity contribution in [1.82, 2.24) is 4.90 Å². The molecule has 2 rings (SSSR count). The number of benzene rings is 1. The molecule has 0 spiro atoms. The fraction of sp³-hybridized carbons (Fsp3) is 0.625. The van der Waals surface area contributed by atoms with Crippen molar-refractivity contribution >= 4 is 0 Å². The van der Waals surface area contributed by atoms with E-state index in [-0.39, 0.29) is 11.4 Å². The van der Waals surface area contributed by atoms with Crippen molar-refractivity contribution in [3.63, 3.8) is 0 Å². The van der Waals surface area contributed by atoms with E-state index >= 15 is 0 Å². The van der Waals surface area contributed by atoms with E-state index in [1.807, 2.05) is 6.07 Å². The second kappa shape index (κ2) is 6.02. The maximum absolute atomic E-state index is 9.65. The zero-order chi connectivity index (χ0) is 14.8. The minimum absolute atomic E-state index is 0.221. The minimum atomic E-state index is -0.221. The first kappa shape index (κ1) is 15.1. The molecule has 0 aromatic heterocycles. The highest BCUT2D eigenvalue weighted by Gasteiger charge is 2.35. The summed E-state index contributed by atoms with van der Waals surface area (Å²) in [5.74, 6) is 1.05. The zero-order valence-electron chi connectivity index (χ0n) is 12.8.